The highest BCUT2D eigenvalue weighted by Crippen LogP contribution is 2.21. The van der Waals surface area contributed by atoms with Crippen LogP contribution in [-0.4, -0.2) is 16.8 Å². The van der Waals surface area contributed by atoms with Crippen LogP contribution in [-0.2, 0) is 10.5 Å². The van der Waals surface area contributed by atoms with Crippen molar-refractivity contribution in [1.82, 2.24) is 10.5 Å². The molecule has 3 rings (SSSR count). The van der Waals surface area contributed by atoms with Gasteiger partial charge in [-0.15, -0.1) is 11.8 Å². The lowest BCUT2D eigenvalue weighted by Gasteiger charge is -2.15. The molecule has 0 radical (unpaired) electrons. The maximum absolute atomic E-state index is 12.2. The molecule has 1 atom stereocenters. The van der Waals surface area contributed by atoms with Gasteiger partial charge in [-0.3, -0.25) is 4.79 Å². The molecule has 0 aliphatic heterocycles. The van der Waals surface area contributed by atoms with Gasteiger partial charge in [-0.05, 0) is 43.2 Å². The summed E-state index contributed by atoms with van der Waals surface area (Å²) in [5.41, 5.74) is 3.10. The van der Waals surface area contributed by atoms with Crippen molar-refractivity contribution < 1.29 is 9.32 Å². The first kappa shape index (κ1) is 17.5. The molecule has 0 saturated heterocycles. The number of carbonyl (C=O) groups excluding carboxylic acids is 1. The van der Waals surface area contributed by atoms with Gasteiger partial charge in [0.2, 0.25) is 5.91 Å². The Morgan fingerprint density at radius 1 is 1.20 bits per heavy atom. The number of benzene rings is 2. The number of fused-ring (bicyclic) bond motifs is 1. The Bertz CT molecular complexity index is 869. The largest absolute Gasteiger partial charge is 0.361 e. The molecule has 0 aliphatic carbocycles. The normalized spacial score (nSPS) is 12.3. The number of nitrogens with zero attached hydrogens (tertiary/aromatic N) is 1. The summed E-state index contributed by atoms with van der Waals surface area (Å²) in [5, 5.41) is 9.41. The second-order valence-corrected chi connectivity index (χ2v) is 7.18. The summed E-state index contributed by atoms with van der Waals surface area (Å²) in [6.45, 7) is 5.84. The van der Waals surface area contributed by atoms with Crippen molar-refractivity contribution in [2.75, 3.05) is 5.75 Å². The van der Waals surface area contributed by atoms with Crippen LogP contribution < -0.4 is 5.32 Å². The second kappa shape index (κ2) is 7.74. The number of hydrogen-bond donors (Lipinski definition) is 1. The Labute approximate surface area is 152 Å². The number of hydrogen-bond acceptors (Lipinski definition) is 4. The predicted octanol–water partition coefficient (Wildman–Crippen LogP) is 4.56. The van der Waals surface area contributed by atoms with Gasteiger partial charge in [0, 0.05) is 11.3 Å². The number of nitrogens with one attached hydrogen (secondary N) is 1. The van der Waals surface area contributed by atoms with Crippen LogP contribution in [0.25, 0.3) is 10.8 Å². The van der Waals surface area contributed by atoms with E-state index in [1.54, 1.807) is 11.8 Å². The Kier molecular flexibility index (Phi) is 5.43. The fourth-order valence-electron chi connectivity index (χ4n) is 2.80. The summed E-state index contributed by atoms with van der Waals surface area (Å²) in [6, 6.07) is 14.5. The topological polar surface area (TPSA) is 55.1 Å². The maximum Gasteiger partial charge on any atom is 0.230 e. The van der Waals surface area contributed by atoms with Crippen LogP contribution >= 0.6 is 11.8 Å². The summed E-state index contributed by atoms with van der Waals surface area (Å²) < 4.78 is 5.15. The average molecular weight is 354 g/mol. The molecule has 5 heteroatoms. The minimum Gasteiger partial charge on any atom is -0.361 e. The van der Waals surface area contributed by atoms with Crippen molar-refractivity contribution in [3.63, 3.8) is 0 Å². The monoisotopic (exact) mass is 354 g/mol. The number of thioether (sulfide) groups is 1. The van der Waals surface area contributed by atoms with Crippen molar-refractivity contribution in [2.24, 2.45) is 0 Å². The van der Waals surface area contributed by atoms with Gasteiger partial charge in [-0.25, -0.2) is 0 Å². The van der Waals surface area contributed by atoms with Crippen LogP contribution in [0.15, 0.2) is 47.0 Å². The molecular formula is C20H22N2O2S. The molecule has 1 amide bonds. The smallest absolute Gasteiger partial charge is 0.230 e. The molecule has 1 unspecified atom stereocenters. The highest BCUT2D eigenvalue weighted by molar-refractivity contribution is 7.99. The Morgan fingerprint density at radius 2 is 1.96 bits per heavy atom. The van der Waals surface area contributed by atoms with Crippen molar-refractivity contribution in [3.8, 4) is 0 Å². The molecule has 0 aliphatic rings. The third kappa shape index (κ3) is 4.23. The van der Waals surface area contributed by atoms with Crippen LogP contribution in [0.5, 0.6) is 0 Å². The van der Waals surface area contributed by atoms with E-state index in [1.807, 2.05) is 32.9 Å². The quantitative estimate of drug-likeness (QED) is 0.705. The molecule has 0 saturated carbocycles. The number of aryl methyl sites for hydroxylation is 2. The van der Waals surface area contributed by atoms with Crippen molar-refractivity contribution in [1.29, 1.82) is 0 Å². The highest BCUT2D eigenvalue weighted by Gasteiger charge is 2.12. The van der Waals surface area contributed by atoms with E-state index in [0.717, 1.165) is 28.3 Å². The lowest BCUT2D eigenvalue weighted by atomic mass is 10.0. The van der Waals surface area contributed by atoms with Gasteiger partial charge in [0.25, 0.3) is 0 Å². The Balaban J connectivity index is 1.54. The van der Waals surface area contributed by atoms with Gasteiger partial charge in [0.15, 0.2) is 0 Å². The molecule has 1 heterocycles. The third-order valence-corrected chi connectivity index (χ3v) is 5.27. The zero-order chi connectivity index (χ0) is 17.8. The van der Waals surface area contributed by atoms with Crippen molar-refractivity contribution in [3.05, 3.63) is 65.0 Å². The molecule has 130 valence electrons. The van der Waals surface area contributed by atoms with Crippen LogP contribution in [0.2, 0.25) is 0 Å². The zero-order valence-corrected chi connectivity index (χ0v) is 15.5. The van der Waals surface area contributed by atoms with Crippen LogP contribution in [0.4, 0.5) is 0 Å². The zero-order valence-electron chi connectivity index (χ0n) is 14.7. The average Bonchev–Trinajstić information content (AvgIpc) is 2.93. The van der Waals surface area contributed by atoms with E-state index >= 15 is 0 Å². The fraction of sp³-hybridized carbons (Fsp3) is 0.300. The molecule has 1 aromatic heterocycles. The summed E-state index contributed by atoms with van der Waals surface area (Å²) in [5.74, 6) is 2.02. The molecule has 0 fully saturated rings. The fourth-order valence-corrected chi connectivity index (χ4v) is 3.78. The van der Waals surface area contributed by atoms with Gasteiger partial charge >= 0.3 is 0 Å². The molecule has 1 N–H and O–H groups in total. The van der Waals surface area contributed by atoms with Gasteiger partial charge in [-0.2, -0.15) is 0 Å². The molecule has 25 heavy (non-hydrogen) atoms. The Hall–Kier alpha value is -2.27. The van der Waals surface area contributed by atoms with Gasteiger partial charge < -0.3 is 9.84 Å². The number of carbonyl (C=O) groups is 1. The first-order chi connectivity index (χ1) is 12.0. The van der Waals surface area contributed by atoms with Crippen LogP contribution in [0, 0.1) is 13.8 Å². The number of aromatic nitrogens is 1. The maximum atomic E-state index is 12.2. The molecule has 0 bridgehead atoms. The Morgan fingerprint density at radius 3 is 2.68 bits per heavy atom. The van der Waals surface area contributed by atoms with Gasteiger partial charge in [0.05, 0.1) is 17.5 Å². The first-order valence-corrected chi connectivity index (χ1v) is 9.47. The molecule has 4 nitrogen and oxygen atoms in total. The van der Waals surface area contributed by atoms with E-state index < -0.39 is 0 Å². The third-order valence-electron chi connectivity index (χ3n) is 4.31. The molecular weight excluding hydrogens is 332 g/mol. The van der Waals surface area contributed by atoms with Crippen LogP contribution in [0.1, 0.15) is 35.5 Å². The number of amides is 1. The highest BCUT2D eigenvalue weighted by atomic mass is 32.2. The van der Waals surface area contributed by atoms with E-state index in [2.05, 4.69) is 40.8 Å². The summed E-state index contributed by atoms with van der Waals surface area (Å²) in [7, 11) is 0. The van der Waals surface area contributed by atoms with E-state index in [1.165, 1.54) is 10.8 Å². The van der Waals surface area contributed by atoms with Gasteiger partial charge in [-0.1, -0.05) is 41.6 Å². The van der Waals surface area contributed by atoms with E-state index in [9.17, 15) is 4.79 Å². The molecule has 2 aromatic carbocycles. The van der Waals surface area contributed by atoms with Crippen molar-refractivity contribution in [2.45, 2.75) is 32.6 Å². The predicted molar refractivity (Wildman–Crippen MR) is 103 cm³/mol. The van der Waals surface area contributed by atoms with Crippen LogP contribution in [0.3, 0.4) is 0 Å². The minimum absolute atomic E-state index is 0.0169. The number of rotatable bonds is 6. The standard InChI is InChI=1S/C20H22N2O2S/c1-13(17-9-8-16-6-4-5-7-18(16)10-17)21-20(23)12-25-11-19-14(2)22-24-15(19)3/h4-10,13H,11-12H2,1-3H3,(H,21,23). The van der Waals surface area contributed by atoms with E-state index in [0.29, 0.717) is 5.75 Å². The summed E-state index contributed by atoms with van der Waals surface area (Å²) in [4.78, 5) is 12.2. The van der Waals surface area contributed by atoms with E-state index in [-0.39, 0.29) is 11.9 Å². The first-order valence-electron chi connectivity index (χ1n) is 8.32. The minimum atomic E-state index is -0.0169. The SMILES string of the molecule is Cc1noc(C)c1CSCC(=O)NC(C)c1ccc2ccccc2c1. The van der Waals surface area contributed by atoms with Gasteiger partial charge in [0.1, 0.15) is 5.76 Å². The van der Waals surface area contributed by atoms with Crippen molar-refractivity contribution >= 4 is 28.4 Å². The lowest BCUT2D eigenvalue weighted by molar-refractivity contribution is -0.119. The lowest BCUT2D eigenvalue weighted by Crippen LogP contribution is -2.28. The molecule has 0 spiro atoms. The molecule has 3 aromatic rings. The van der Waals surface area contributed by atoms with E-state index in [4.69, 9.17) is 4.52 Å². The summed E-state index contributed by atoms with van der Waals surface area (Å²) >= 11 is 1.58. The summed E-state index contributed by atoms with van der Waals surface area (Å²) in [6.07, 6.45) is 0. The second-order valence-electron chi connectivity index (χ2n) is 6.19.